The lowest BCUT2D eigenvalue weighted by molar-refractivity contribution is -0.147. The molecule has 6 nitrogen and oxygen atoms in total. The highest BCUT2D eigenvalue weighted by molar-refractivity contribution is 9.10. The second-order valence-corrected chi connectivity index (χ2v) is 7.21. The molecule has 0 aliphatic heterocycles. The second kappa shape index (κ2) is 9.84. The largest absolute Gasteiger partial charge is 0.456 e. The van der Waals surface area contributed by atoms with Gasteiger partial charge in [-0.25, -0.2) is 0 Å². The van der Waals surface area contributed by atoms with E-state index in [9.17, 15) is 14.4 Å². The number of carbonyl (C=O) groups excluding carboxylic acids is 3. The molecule has 0 unspecified atom stereocenters. The van der Waals surface area contributed by atoms with Crippen LogP contribution < -0.4 is 10.6 Å². The van der Waals surface area contributed by atoms with Crippen molar-refractivity contribution in [1.29, 1.82) is 0 Å². The van der Waals surface area contributed by atoms with Crippen LogP contribution in [0.5, 0.6) is 0 Å². The molecule has 148 valence electrons. The summed E-state index contributed by atoms with van der Waals surface area (Å²) in [5.41, 5.74) is 1.29. The molecule has 0 saturated carbocycles. The number of hydrogen-bond acceptors (Lipinski definition) is 4. The van der Waals surface area contributed by atoms with Crippen molar-refractivity contribution in [3.8, 4) is 0 Å². The molecule has 0 heterocycles. The van der Waals surface area contributed by atoms with Gasteiger partial charge in [0.2, 0.25) is 5.91 Å². The summed E-state index contributed by atoms with van der Waals surface area (Å²) in [6.07, 6.45) is -0.140. The SMILES string of the molecule is O=C(COC(=O)CCC(=O)Nc1cccc2ccccc12)Nc1ccc(Br)cc1. The third-order valence-corrected chi connectivity index (χ3v) is 4.64. The van der Waals surface area contributed by atoms with Gasteiger partial charge < -0.3 is 15.4 Å². The van der Waals surface area contributed by atoms with Crippen LogP contribution in [0.1, 0.15) is 12.8 Å². The lowest BCUT2D eigenvalue weighted by Gasteiger charge is -2.09. The predicted octanol–water partition coefficient (Wildman–Crippen LogP) is 4.50. The Bertz CT molecular complexity index is 1030. The molecular weight excluding hydrogens is 436 g/mol. The molecule has 3 aromatic carbocycles. The van der Waals surface area contributed by atoms with Gasteiger partial charge in [-0.2, -0.15) is 0 Å². The van der Waals surface area contributed by atoms with Gasteiger partial charge in [-0.15, -0.1) is 0 Å². The van der Waals surface area contributed by atoms with E-state index in [1.165, 1.54) is 0 Å². The summed E-state index contributed by atoms with van der Waals surface area (Å²) >= 11 is 3.31. The smallest absolute Gasteiger partial charge is 0.306 e. The molecule has 0 bridgehead atoms. The fourth-order valence-electron chi connectivity index (χ4n) is 2.71. The number of amides is 2. The van der Waals surface area contributed by atoms with Crippen LogP contribution in [0.2, 0.25) is 0 Å². The van der Waals surface area contributed by atoms with Gasteiger partial charge in [-0.05, 0) is 35.7 Å². The van der Waals surface area contributed by atoms with Crippen LogP contribution in [0.4, 0.5) is 11.4 Å². The topological polar surface area (TPSA) is 84.5 Å². The van der Waals surface area contributed by atoms with Crippen molar-refractivity contribution >= 4 is 55.9 Å². The summed E-state index contributed by atoms with van der Waals surface area (Å²) in [7, 11) is 0. The summed E-state index contributed by atoms with van der Waals surface area (Å²) < 4.78 is 5.82. The molecule has 7 heteroatoms. The van der Waals surface area contributed by atoms with Gasteiger partial charge in [0, 0.05) is 27.7 Å². The highest BCUT2D eigenvalue weighted by Crippen LogP contribution is 2.23. The van der Waals surface area contributed by atoms with Gasteiger partial charge in [0.15, 0.2) is 6.61 Å². The van der Waals surface area contributed by atoms with Gasteiger partial charge in [0.1, 0.15) is 0 Å². The quantitative estimate of drug-likeness (QED) is 0.514. The lowest BCUT2D eigenvalue weighted by atomic mass is 10.1. The average molecular weight is 455 g/mol. The number of rotatable bonds is 7. The molecule has 2 N–H and O–H groups in total. The van der Waals surface area contributed by atoms with Gasteiger partial charge >= 0.3 is 5.97 Å². The first-order chi connectivity index (χ1) is 14.0. The van der Waals surface area contributed by atoms with Crippen LogP contribution in [0.15, 0.2) is 71.2 Å². The third kappa shape index (κ3) is 6.15. The third-order valence-electron chi connectivity index (χ3n) is 4.11. The lowest BCUT2D eigenvalue weighted by Crippen LogP contribution is -2.21. The summed E-state index contributed by atoms with van der Waals surface area (Å²) in [5.74, 6) is -1.34. The number of hydrogen-bond donors (Lipinski definition) is 2. The summed E-state index contributed by atoms with van der Waals surface area (Å²) in [6, 6.07) is 20.4. The normalized spacial score (nSPS) is 10.4. The molecular formula is C22H19BrN2O4. The van der Waals surface area contributed by atoms with Crippen LogP contribution in [0, 0.1) is 0 Å². The first-order valence-corrected chi connectivity index (χ1v) is 9.79. The maximum atomic E-state index is 12.2. The summed E-state index contributed by atoms with van der Waals surface area (Å²) in [6.45, 7) is -0.403. The minimum Gasteiger partial charge on any atom is -0.456 e. The average Bonchev–Trinajstić information content (AvgIpc) is 2.73. The van der Waals surface area contributed by atoms with Gasteiger partial charge in [-0.1, -0.05) is 52.3 Å². The maximum absolute atomic E-state index is 12.2. The monoisotopic (exact) mass is 454 g/mol. The van der Waals surface area contributed by atoms with E-state index in [2.05, 4.69) is 26.6 Å². The maximum Gasteiger partial charge on any atom is 0.306 e. The molecule has 3 rings (SSSR count). The van der Waals surface area contributed by atoms with Crippen LogP contribution in [0.25, 0.3) is 10.8 Å². The molecule has 2 amide bonds. The molecule has 0 radical (unpaired) electrons. The fourth-order valence-corrected chi connectivity index (χ4v) is 2.98. The second-order valence-electron chi connectivity index (χ2n) is 6.29. The molecule has 0 saturated heterocycles. The predicted molar refractivity (Wildman–Crippen MR) is 116 cm³/mol. The van der Waals surface area contributed by atoms with Crippen molar-refractivity contribution in [3.63, 3.8) is 0 Å². The zero-order chi connectivity index (χ0) is 20.6. The Hall–Kier alpha value is -3.19. The molecule has 0 atom stereocenters. The van der Waals surface area contributed by atoms with Gasteiger partial charge in [0.05, 0.1) is 6.42 Å². The first-order valence-electron chi connectivity index (χ1n) is 9.00. The van der Waals surface area contributed by atoms with E-state index in [1.807, 2.05) is 42.5 Å². The number of halogens is 1. The van der Waals surface area contributed by atoms with Gasteiger partial charge in [-0.3, -0.25) is 14.4 Å². The van der Waals surface area contributed by atoms with Crippen LogP contribution in [-0.2, 0) is 19.1 Å². The van der Waals surface area contributed by atoms with E-state index in [4.69, 9.17) is 4.74 Å². The van der Waals surface area contributed by atoms with Crippen molar-refractivity contribution in [3.05, 3.63) is 71.2 Å². The van der Waals surface area contributed by atoms with Crippen LogP contribution in [-0.4, -0.2) is 24.4 Å². The fraction of sp³-hybridized carbons (Fsp3) is 0.136. The summed E-state index contributed by atoms with van der Waals surface area (Å²) in [5, 5.41) is 7.38. The Kier molecular flexibility index (Phi) is 6.97. The Labute approximate surface area is 176 Å². The number of esters is 1. The molecule has 3 aromatic rings. The molecule has 0 aliphatic carbocycles. The zero-order valence-corrected chi connectivity index (χ0v) is 17.1. The van der Waals surface area contributed by atoms with E-state index in [0.717, 1.165) is 15.2 Å². The minimum absolute atomic E-state index is 0.0314. The van der Waals surface area contributed by atoms with Crippen molar-refractivity contribution in [1.82, 2.24) is 0 Å². The van der Waals surface area contributed by atoms with Crippen LogP contribution in [0.3, 0.4) is 0 Å². The minimum atomic E-state index is -0.607. The Morgan fingerprint density at radius 3 is 2.31 bits per heavy atom. The van der Waals surface area contributed by atoms with Crippen LogP contribution >= 0.6 is 15.9 Å². The van der Waals surface area contributed by atoms with Crippen molar-refractivity contribution < 1.29 is 19.1 Å². The van der Waals surface area contributed by atoms with E-state index >= 15 is 0 Å². The zero-order valence-electron chi connectivity index (χ0n) is 15.5. The molecule has 0 spiro atoms. The van der Waals surface area contributed by atoms with E-state index < -0.39 is 18.5 Å². The number of benzene rings is 3. The molecule has 29 heavy (non-hydrogen) atoms. The Balaban J connectivity index is 1.42. The highest BCUT2D eigenvalue weighted by atomic mass is 79.9. The molecule has 0 aliphatic rings. The van der Waals surface area contributed by atoms with E-state index in [1.54, 1.807) is 24.3 Å². The van der Waals surface area contributed by atoms with Crippen molar-refractivity contribution in [2.45, 2.75) is 12.8 Å². The number of anilines is 2. The van der Waals surface area contributed by atoms with Gasteiger partial charge in [0.25, 0.3) is 5.91 Å². The Morgan fingerprint density at radius 2 is 1.52 bits per heavy atom. The van der Waals surface area contributed by atoms with Crippen molar-refractivity contribution in [2.24, 2.45) is 0 Å². The highest BCUT2D eigenvalue weighted by Gasteiger charge is 2.12. The number of nitrogens with one attached hydrogen (secondary N) is 2. The summed E-state index contributed by atoms with van der Waals surface area (Å²) in [4.78, 5) is 35.8. The molecule has 0 fully saturated rings. The number of ether oxygens (including phenoxy) is 1. The first kappa shape index (κ1) is 20.5. The van der Waals surface area contributed by atoms with Crippen molar-refractivity contribution in [2.75, 3.05) is 17.2 Å². The Morgan fingerprint density at radius 1 is 0.793 bits per heavy atom. The standard InChI is InChI=1S/C22H19BrN2O4/c23-16-8-10-17(11-9-16)24-21(27)14-29-22(28)13-12-20(26)25-19-7-3-5-15-4-1-2-6-18(15)19/h1-11H,12-14H2,(H,24,27)(H,25,26). The number of carbonyl (C=O) groups is 3. The number of fused-ring (bicyclic) bond motifs is 1. The van der Waals surface area contributed by atoms with E-state index in [0.29, 0.717) is 11.4 Å². The molecule has 0 aromatic heterocycles. The van der Waals surface area contributed by atoms with E-state index in [-0.39, 0.29) is 18.7 Å².